The molecule has 2 nitrogen and oxygen atoms in total. The standard InChI is InChI=1S/C13H19BrN2/c1-9-3-4-10(14)7-11(9)12(15)13(5-6-13)8-16-2/h3-4,7,12,16H,5-6,8,15H2,1-2H3. The Bertz CT molecular complexity index is 386. The molecule has 0 spiro atoms. The minimum absolute atomic E-state index is 0.150. The zero-order valence-corrected chi connectivity index (χ0v) is 11.5. The maximum atomic E-state index is 6.43. The van der Waals surface area contributed by atoms with E-state index >= 15 is 0 Å². The van der Waals surface area contributed by atoms with Crippen LogP contribution in [0.5, 0.6) is 0 Å². The number of hydrogen-bond donors (Lipinski definition) is 2. The average molecular weight is 283 g/mol. The quantitative estimate of drug-likeness (QED) is 0.891. The lowest BCUT2D eigenvalue weighted by Gasteiger charge is -2.25. The highest BCUT2D eigenvalue weighted by atomic mass is 79.9. The van der Waals surface area contributed by atoms with Crippen LogP contribution in [0.1, 0.15) is 30.0 Å². The van der Waals surface area contributed by atoms with Crippen LogP contribution in [0.4, 0.5) is 0 Å². The second kappa shape index (κ2) is 4.47. The van der Waals surface area contributed by atoms with E-state index in [1.807, 2.05) is 7.05 Å². The summed E-state index contributed by atoms with van der Waals surface area (Å²) in [6, 6.07) is 6.52. The van der Waals surface area contributed by atoms with Gasteiger partial charge in [0.2, 0.25) is 0 Å². The zero-order chi connectivity index (χ0) is 11.8. The van der Waals surface area contributed by atoms with Crippen molar-refractivity contribution >= 4 is 15.9 Å². The second-order valence-corrected chi connectivity index (χ2v) is 5.79. The van der Waals surface area contributed by atoms with Gasteiger partial charge in [0.15, 0.2) is 0 Å². The van der Waals surface area contributed by atoms with E-state index in [9.17, 15) is 0 Å². The first-order valence-corrected chi connectivity index (χ1v) is 6.54. The molecule has 1 aromatic rings. The van der Waals surface area contributed by atoms with Crippen LogP contribution in [0.2, 0.25) is 0 Å². The van der Waals surface area contributed by atoms with Gasteiger partial charge < -0.3 is 11.1 Å². The van der Waals surface area contributed by atoms with Gasteiger partial charge in [0, 0.05) is 22.5 Å². The SMILES string of the molecule is CNCC1(C(N)c2cc(Br)ccc2C)CC1. The Balaban J connectivity index is 2.26. The lowest BCUT2D eigenvalue weighted by molar-refractivity contribution is 0.391. The molecule has 1 unspecified atom stereocenters. The van der Waals surface area contributed by atoms with Crippen molar-refractivity contribution in [3.8, 4) is 0 Å². The van der Waals surface area contributed by atoms with Crippen molar-refractivity contribution in [3.63, 3.8) is 0 Å². The first-order chi connectivity index (χ1) is 7.59. The molecule has 1 saturated carbocycles. The first-order valence-electron chi connectivity index (χ1n) is 5.75. The van der Waals surface area contributed by atoms with E-state index in [-0.39, 0.29) is 6.04 Å². The third-order valence-corrected chi connectivity index (χ3v) is 4.15. The Hall–Kier alpha value is -0.380. The molecule has 16 heavy (non-hydrogen) atoms. The number of aryl methyl sites for hydroxylation is 1. The summed E-state index contributed by atoms with van der Waals surface area (Å²) in [6.07, 6.45) is 2.47. The van der Waals surface area contributed by atoms with Gasteiger partial charge in [-0.05, 0) is 50.1 Å². The van der Waals surface area contributed by atoms with Crippen LogP contribution < -0.4 is 11.1 Å². The Morgan fingerprint density at radius 3 is 2.75 bits per heavy atom. The normalized spacial score (nSPS) is 19.5. The van der Waals surface area contributed by atoms with E-state index in [4.69, 9.17) is 5.73 Å². The number of rotatable bonds is 4. The third-order valence-electron chi connectivity index (χ3n) is 3.66. The second-order valence-electron chi connectivity index (χ2n) is 4.87. The molecule has 0 saturated heterocycles. The number of nitrogens with one attached hydrogen (secondary N) is 1. The fraction of sp³-hybridized carbons (Fsp3) is 0.538. The summed E-state index contributed by atoms with van der Waals surface area (Å²) in [4.78, 5) is 0. The summed E-state index contributed by atoms with van der Waals surface area (Å²) in [6.45, 7) is 3.15. The number of nitrogens with two attached hydrogens (primary N) is 1. The fourth-order valence-corrected chi connectivity index (χ4v) is 2.77. The average Bonchev–Trinajstić information content (AvgIpc) is 3.02. The molecule has 3 heteroatoms. The predicted molar refractivity (Wildman–Crippen MR) is 71.4 cm³/mol. The Kier molecular flexibility index (Phi) is 3.38. The van der Waals surface area contributed by atoms with Crippen molar-refractivity contribution in [1.82, 2.24) is 5.32 Å². The predicted octanol–water partition coefficient (Wildman–Crippen LogP) is 2.76. The summed E-state index contributed by atoms with van der Waals surface area (Å²) >= 11 is 3.52. The van der Waals surface area contributed by atoms with Crippen molar-refractivity contribution in [1.29, 1.82) is 0 Å². The van der Waals surface area contributed by atoms with Crippen molar-refractivity contribution in [3.05, 3.63) is 33.8 Å². The van der Waals surface area contributed by atoms with Crippen LogP contribution in [-0.4, -0.2) is 13.6 Å². The van der Waals surface area contributed by atoms with Crippen molar-refractivity contribution < 1.29 is 0 Å². The van der Waals surface area contributed by atoms with Crippen molar-refractivity contribution in [2.75, 3.05) is 13.6 Å². The molecule has 1 aromatic carbocycles. The molecule has 1 aliphatic carbocycles. The zero-order valence-electron chi connectivity index (χ0n) is 9.89. The summed E-state index contributed by atoms with van der Waals surface area (Å²) in [5.74, 6) is 0. The van der Waals surface area contributed by atoms with Gasteiger partial charge in [-0.25, -0.2) is 0 Å². The third kappa shape index (κ3) is 2.17. The first kappa shape index (κ1) is 12.1. The molecule has 1 atom stereocenters. The smallest absolute Gasteiger partial charge is 0.0367 e. The minimum atomic E-state index is 0.150. The van der Waals surface area contributed by atoms with Gasteiger partial charge in [0.1, 0.15) is 0 Å². The minimum Gasteiger partial charge on any atom is -0.323 e. The Morgan fingerprint density at radius 1 is 1.50 bits per heavy atom. The topological polar surface area (TPSA) is 38.0 Å². The highest BCUT2D eigenvalue weighted by Crippen LogP contribution is 2.53. The van der Waals surface area contributed by atoms with E-state index in [0.717, 1.165) is 11.0 Å². The maximum absolute atomic E-state index is 6.43. The van der Waals surface area contributed by atoms with E-state index in [2.05, 4.69) is 46.4 Å². The molecule has 0 aromatic heterocycles. The van der Waals surface area contributed by atoms with Crippen molar-refractivity contribution in [2.24, 2.45) is 11.1 Å². The van der Waals surface area contributed by atoms with Crippen LogP contribution >= 0.6 is 15.9 Å². The summed E-state index contributed by atoms with van der Waals surface area (Å²) in [5.41, 5.74) is 9.29. The Labute approximate surface area is 106 Å². The largest absolute Gasteiger partial charge is 0.323 e. The van der Waals surface area contributed by atoms with Crippen LogP contribution in [0, 0.1) is 12.3 Å². The highest BCUT2D eigenvalue weighted by Gasteiger charge is 2.47. The molecule has 0 amide bonds. The maximum Gasteiger partial charge on any atom is 0.0367 e. The van der Waals surface area contributed by atoms with Gasteiger partial charge in [-0.2, -0.15) is 0 Å². The molecule has 88 valence electrons. The number of halogens is 1. The van der Waals surface area contributed by atoms with E-state index in [1.54, 1.807) is 0 Å². The number of benzene rings is 1. The van der Waals surface area contributed by atoms with Crippen LogP contribution in [0.25, 0.3) is 0 Å². The lowest BCUT2D eigenvalue weighted by atomic mass is 9.88. The summed E-state index contributed by atoms with van der Waals surface area (Å²) < 4.78 is 1.11. The molecule has 3 N–H and O–H groups in total. The van der Waals surface area contributed by atoms with Gasteiger partial charge in [-0.1, -0.05) is 22.0 Å². The molecular formula is C13H19BrN2. The van der Waals surface area contributed by atoms with Crippen LogP contribution in [0.15, 0.2) is 22.7 Å². The monoisotopic (exact) mass is 282 g/mol. The van der Waals surface area contributed by atoms with Gasteiger partial charge in [-0.3, -0.25) is 0 Å². The summed E-state index contributed by atoms with van der Waals surface area (Å²) in [7, 11) is 2.00. The molecule has 1 fully saturated rings. The molecule has 0 bridgehead atoms. The lowest BCUT2D eigenvalue weighted by Crippen LogP contribution is -2.31. The Morgan fingerprint density at radius 2 is 2.19 bits per heavy atom. The van der Waals surface area contributed by atoms with Gasteiger partial charge >= 0.3 is 0 Å². The van der Waals surface area contributed by atoms with Crippen LogP contribution in [-0.2, 0) is 0 Å². The molecule has 0 aliphatic heterocycles. The molecule has 2 rings (SSSR count). The summed E-state index contributed by atoms with van der Waals surface area (Å²) in [5, 5.41) is 3.26. The van der Waals surface area contributed by atoms with E-state index < -0.39 is 0 Å². The molecule has 0 heterocycles. The van der Waals surface area contributed by atoms with Gasteiger partial charge in [0.05, 0.1) is 0 Å². The van der Waals surface area contributed by atoms with Crippen LogP contribution in [0.3, 0.4) is 0 Å². The highest BCUT2D eigenvalue weighted by molar-refractivity contribution is 9.10. The molecular weight excluding hydrogens is 264 g/mol. The molecule has 1 aliphatic rings. The van der Waals surface area contributed by atoms with E-state index in [1.165, 1.54) is 24.0 Å². The van der Waals surface area contributed by atoms with Gasteiger partial charge in [-0.15, -0.1) is 0 Å². The number of hydrogen-bond acceptors (Lipinski definition) is 2. The fourth-order valence-electron chi connectivity index (χ4n) is 2.39. The van der Waals surface area contributed by atoms with Crippen molar-refractivity contribution in [2.45, 2.75) is 25.8 Å². The van der Waals surface area contributed by atoms with E-state index in [0.29, 0.717) is 5.41 Å². The molecule has 0 radical (unpaired) electrons. The van der Waals surface area contributed by atoms with Gasteiger partial charge in [0.25, 0.3) is 0 Å².